The van der Waals surface area contributed by atoms with Gasteiger partial charge in [0.05, 0.1) is 12.7 Å². The van der Waals surface area contributed by atoms with Crippen LogP contribution in [0.25, 0.3) is 0 Å². The number of esters is 1. The van der Waals surface area contributed by atoms with Crippen LogP contribution in [0.15, 0.2) is 40.6 Å². The van der Waals surface area contributed by atoms with Crippen molar-refractivity contribution >= 4 is 33.0 Å². The Morgan fingerprint density at radius 2 is 1.73 bits per heavy atom. The Bertz CT molecular complexity index is 867. The minimum absolute atomic E-state index is 0.366. The second-order valence-electron chi connectivity index (χ2n) is 6.00. The Morgan fingerprint density at radius 3 is 2.27 bits per heavy atom. The van der Waals surface area contributed by atoms with Crippen LogP contribution in [0.1, 0.15) is 22.2 Å². The van der Waals surface area contributed by atoms with Gasteiger partial charge < -0.3 is 9.64 Å². The predicted octanol–water partition coefficient (Wildman–Crippen LogP) is 2.61. The van der Waals surface area contributed by atoms with Crippen LogP contribution < -0.4 is 4.90 Å². The summed E-state index contributed by atoms with van der Waals surface area (Å²) in [6, 6.07) is 10.8. The van der Waals surface area contributed by atoms with Gasteiger partial charge in [-0.25, -0.2) is 13.2 Å². The van der Waals surface area contributed by atoms with Crippen LogP contribution in [-0.2, 0) is 21.2 Å². The molecule has 1 fully saturated rings. The summed E-state index contributed by atoms with van der Waals surface area (Å²) in [6.07, 6.45) is 0.843. The molecule has 1 aromatic heterocycles. The van der Waals surface area contributed by atoms with Gasteiger partial charge in [-0.1, -0.05) is 6.92 Å². The van der Waals surface area contributed by atoms with Crippen molar-refractivity contribution in [1.29, 1.82) is 0 Å². The lowest BCUT2D eigenvalue weighted by atomic mass is 10.2. The third-order valence-corrected chi connectivity index (χ3v) is 8.07. The van der Waals surface area contributed by atoms with Gasteiger partial charge in [-0.05, 0) is 42.8 Å². The average Bonchev–Trinajstić information content (AvgIpc) is 3.18. The highest BCUT2D eigenvalue weighted by atomic mass is 32.2. The van der Waals surface area contributed by atoms with Crippen molar-refractivity contribution in [1.82, 2.24) is 4.31 Å². The van der Waals surface area contributed by atoms with Crippen molar-refractivity contribution in [2.45, 2.75) is 17.6 Å². The highest BCUT2D eigenvalue weighted by molar-refractivity contribution is 7.91. The Kier molecular flexibility index (Phi) is 5.64. The molecule has 0 N–H and O–H groups in total. The van der Waals surface area contributed by atoms with Crippen LogP contribution >= 0.6 is 11.3 Å². The maximum atomic E-state index is 12.8. The van der Waals surface area contributed by atoms with Crippen molar-refractivity contribution < 1.29 is 17.9 Å². The van der Waals surface area contributed by atoms with Crippen LogP contribution in [0.4, 0.5) is 5.69 Å². The zero-order valence-corrected chi connectivity index (χ0v) is 16.5. The number of thiophene rings is 1. The maximum absolute atomic E-state index is 12.8. The fourth-order valence-electron chi connectivity index (χ4n) is 2.93. The Hall–Kier alpha value is -1.90. The van der Waals surface area contributed by atoms with E-state index in [9.17, 15) is 13.2 Å². The molecule has 1 aliphatic rings. The Balaban J connectivity index is 1.66. The van der Waals surface area contributed by atoms with Gasteiger partial charge in [-0.3, -0.25) is 0 Å². The van der Waals surface area contributed by atoms with E-state index in [-0.39, 0.29) is 5.97 Å². The fourth-order valence-corrected chi connectivity index (χ4v) is 5.80. The first-order valence-electron chi connectivity index (χ1n) is 8.48. The summed E-state index contributed by atoms with van der Waals surface area (Å²) < 4.78 is 32.2. The summed E-state index contributed by atoms with van der Waals surface area (Å²) in [5.41, 5.74) is 1.47. The SMILES string of the molecule is CCc1ccc(S(=O)(=O)N2CCN(c3ccc(C(=O)OC)cc3)CC2)s1. The van der Waals surface area contributed by atoms with Crippen LogP contribution in [0.2, 0.25) is 0 Å². The number of nitrogens with zero attached hydrogens (tertiary/aromatic N) is 2. The average molecular weight is 395 g/mol. The number of anilines is 1. The van der Waals surface area contributed by atoms with Crippen LogP contribution in [0.5, 0.6) is 0 Å². The van der Waals surface area contributed by atoms with E-state index in [4.69, 9.17) is 4.74 Å². The molecule has 0 spiro atoms. The Morgan fingerprint density at radius 1 is 1.08 bits per heavy atom. The second-order valence-corrected chi connectivity index (χ2v) is 9.34. The van der Waals surface area contributed by atoms with E-state index < -0.39 is 10.0 Å². The van der Waals surface area contributed by atoms with Crippen molar-refractivity contribution in [2.24, 2.45) is 0 Å². The molecule has 26 heavy (non-hydrogen) atoms. The number of carbonyl (C=O) groups excluding carboxylic acids is 1. The molecule has 0 bridgehead atoms. The van der Waals surface area contributed by atoms with Gasteiger partial charge in [0, 0.05) is 36.7 Å². The molecule has 0 atom stereocenters. The summed E-state index contributed by atoms with van der Waals surface area (Å²) in [5.74, 6) is -0.366. The monoisotopic (exact) mass is 394 g/mol. The lowest BCUT2D eigenvalue weighted by Gasteiger charge is -2.35. The van der Waals surface area contributed by atoms with Gasteiger partial charge in [0.15, 0.2) is 0 Å². The minimum atomic E-state index is -3.41. The molecule has 1 saturated heterocycles. The molecule has 6 nitrogen and oxygen atoms in total. The number of methoxy groups -OCH3 is 1. The number of piperazine rings is 1. The molecule has 0 radical (unpaired) electrons. The number of benzene rings is 1. The third-order valence-electron chi connectivity index (χ3n) is 4.47. The molecule has 0 aliphatic carbocycles. The number of hydrogen-bond donors (Lipinski definition) is 0. The molecule has 3 rings (SSSR count). The van der Waals surface area contributed by atoms with Crippen LogP contribution in [0.3, 0.4) is 0 Å². The predicted molar refractivity (Wildman–Crippen MR) is 102 cm³/mol. The van der Waals surface area contributed by atoms with Gasteiger partial charge in [0.25, 0.3) is 10.0 Å². The number of carbonyl (C=O) groups is 1. The summed E-state index contributed by atoms with van der Waals surface area (Å²) >= 11 is 1.35. The third kappa shape index (κ3) is 3.77. The summed E-state index contributed by atoms with van der Waals surface area (Å²) in [7, 11) is -2.06. The minimum Gasteiger partial charge on any atom is -0.465 e. The molecule has 1 aromatic carbocycles. The molecule has 8 heteroatoms. The van der Waals surface area contributed by atoms with Crippen molar-refractivity contribution in [3.8, 4) is 0 Å². The number of ether oxygens (including phenoxy) is 1. The molecule has 0 amide bonds. The number of aryl methyl sites for hydroxylation is 1. The van der Waals surface area contributed by atoms with Crippen molar-refractivity contribution in [3.05, 3.63) is 46.8 Å². The molecular weight excluding hydrogens is 372 g/mol. The van der Waals surface area contributed by atoms with Gasteiger partial charge in [0.1, 0.15) is 4.21 Å². The van der Waals surface area contributed by atoms with Gasteiger partial charge >= 0.3 is 5.97 Å². The zero-order valence-electron chi connectivity index (χ0n) is 14.8. The van der Waals surface area contributed by atoms with Crippen molar-refractivity contribution in [2.75, 3.05) is 38.2 Å². The van der Waals surface area contributed by atoms with E-state index in [0.717, 1.165) is 17.0 Å². The summed E-state index contributed by atoms with van der Waals surface area (Å²) in [4.78, 5) is 14.7. The van der Waals surface area contributed by atoms with E-state index in [2.05, 4.69) is 4.90 Å². The molecule has 140 valence electrons. The van der Waals surface area contributed by atoms with E-state index in [0.29, 0.717) is 36.0 Å². The fraction of sp³-hybridized carbons (Fsp3) is 0.389. The largest absolute Gasteiger partial charge is 0.465 e. The lowest BCUT2D eigenvalue weighted by molar-refractivity contribution is 0.0600. The lowest BCUT2D eigenvalue weighted by Crippen LogP contribution is -2.48. The first-order valence-corrected chi connectivity index (χ1v) is 10.7. The molecular formula is C18H22N2O4S2. The van der Waals surface area contributed by atoms with Crippen LogP contribution in [0, 0.1) is 0 Å². The molecule has 0 unspecified atom stereocenters. The molecule has 1 aliphatic heterocycles. The summed E-state index contributed by atoms with van der Waals surface area (Å²) in [5, 5.41) is 0. The van der Waals surface area contributed by atoms with Crippen molar-refractivity contribution in [3.63, 3.8) is 0 Å². The topological polar surface area (TPSA) is 66.9 Å². The summed E-state index contributed by atoms with van der Waals surface area (Å²) in [6.45, 7) is 4.14. The molecule has 0 saturated carbocycles. The number of sulfonamides is 1. The van der Waals surface area contributed by atoms with Gasteiger partial charge in [-0.2, -0.15) is 4.31 Å². The number of hydrogen-bond acceptors (Lipinski definition) is 6. The van der Waals surface area contributed by atoms with E-state index in [1.807, 2.05) is 25.1 Å². The standard InChI is InChI=1S/C18H22N2O4S2/c1-3-16-8-9-17(25-16)26(22,23)20-12-10-19(11-13-20)15-6-4-14(5-7-15)18(21)24-2/h4-9H,3,10-13H2,1-2H3. The molecule has 2 aromatic rings. The zero-order chi connectivity index (χ0) is 18.7. The Labute approximate surface area is 158 Å². The second kappa shape index (κ2) is 7.77. The van der Waals surface area contributed by atoms with Crippen LogP contribution in [-0.4, -0.2) is 52.0 Å². The molecule has 2 heterocycles. The normalized spacial score (nSPS) is 15.8. The number of rotatable bonds is 5. The van der Waals surface area contributed by atoms with E-state index in [1.165, 1.54) is 18.4 Å². The smallest absolute Gasteiger partial charge is 0.337 e. The first-order chi connectivity index (χ1) is 12.5. The van der Waals surface area contributed by atoms with Gasteiger partial charge in [0.2, 0.25) is 0 Å². The highest BCUT2D eigenvalue weighted by Crippen LogP contribution is 2.27. The highest BCUT2D eigenvalue weighted by Gasteiger charge is 2.29. The quantitative estimate of drug-likeness (QED) is 0.730. The van der Waals surface area contributed by atoms with E-state index in [1.54, 1.807) is 22.5 Å². The maximum Gasteiger partial charge on any atom is 0.337 e. The van der Waals surface area contributed by atoms with Gasteiger partial charge in [-0.15, -0.1) is 11.3 Å². The first kappa shape index (κ1) is 18.9. The van der Waals surface area contributed by atoms with E-state index >= 15 is 0 Å².